The van der Waals surface area contributed by atoms with Crippen LogP contribution in [0, 0.1) is 6.92 Å². The highest BCUT2D eigenvalue weighted by atomic mass is 16.1. The van der Waals surface area contributed by atoms with Gasteiger partial charge in [-0.15, -0.1) is 0 Å². The van der Waals surface area contributed by atoms with Gasteiger partial charge in [0.1, 0.15) is 5.82 Å². The Morgan fingerprint density at radius 2 is 1.78 bits per heavy atom. The van der Waals surface area contributed by atoms with Gasteiger partial charge in [0, 0.05) is 49.7 Å². The van der Waals surface area contributed by atoms with Gasteiger partial charge in [-0.25, -0.2) is 4.98 Å². The number of benzene rings is 1. The van der Waals surface area contributed by atoms with Crippen molar-refractivity contribution in [1.82, 2.24) is 10.3 Å². The minimum Gasteiger partial charge on any atom is -0.368 e. The first-order valence-electron chi connectivity index (χ1n) is 10.0. The Morgan fingerprint density at radius 3 is 2.52 bits per heavy atom. The second-order valence-corrected chi connectivity index (χ2v) is 7.67. The van der Waals surface area contributed by atoms with E-state index in [9.17, 15) is 4.79 Å². The normalized spacial score (nSPS) is 18.0. The SMILES string of the molecule is Cc1cccc(N2CCN(c3cc(C(=O)NC4CCCC4)ccn3)CC2)c1. The van der Waals surface area contributed by atoms with Crippen molar-refractivity contribution in [2.45, 2.75) is 38.6 Å². The van der Waals surface area contributed by atoms with E-state index in [-0.39, 0.29) is 5.91 Å². The molecule has 2 aromatic rings. The molecule has 0 unspecified atom stereocenters. The van der Waals surface area contributed by atoms with E-state index in [1.165, 1.54) is 24.1 Å². The first-order chi connectivity index (χ1) is 13.2. The molecule has 1 amide bonds. The number of pyridine rings is 1. The van der Waals surface area contributed by atoms with Crippen molar-refractivity contribution < 1.29 is 4.79 Å². The van der Waals surface area contributed by atoms with Gasteiger partial charge in [0.05, 0.1) is 0 Å². The van der Waals surface area contributed by atoms with Crippen LogP contribution >= 0.6 is 0 Å². The number of carbonyl (C=O) groups is 1. The zero-order valence-corrected chi connectivity index (χ0v) is 16.0. The van der Waals surface area contributed by atoms with E-state index in [0.29, 0.717) is 11.6 Å². The van der Waals surface area contributed by atoms with Crippen molar-refractivity contribution in [2.24, 2.45) is 0 Å². The number of carbonyl (C=O) groups excluding carboxylic acids is 1. The summed E-state index contributed by atoms with van der Waals surface area (Å²) < 4.78 is 0. The maximum Gasteiger partial charge on any atom is 0.251 e. The van der Waals surface area contributed by atoms with E-state index in [0.717, 1.165) is 44.8 Å². The van der Waals surface area contributed by atoms with Crippen molar-refractivity contribution in [1.29, 1.82) is 0 Å². The quantitative estimate of drug-likeness (QED) is 0.903. The number of anilines is 2. The van der Waals surface area contributed by atoms with Gasteiger partial charge < -0.3 is 15.1 Å². The summed E-state index contributed by atoms with van der Waals surface area (Å²) in [5, 5.41) is 3.17. The number of nitrogens with zero attached hydrogens (tertiary/aromatic N) is 3. The summed E-state index contributed by atoms with van der Waals surface area (Å²) in [4.78, 5) is 21.7. The largest absolute Gasteiger partial charge is 0.368 e. The maximum atomic E-state index is 12.5. The molecule has 0 spiro atoms. The molecule has 4 rings (SSSR count). The number of aromatic nitrogens is 1. The Bertz CT molecular complexity index is 792. The number of hydrogen-bond donors (Lipinski definition) is 1. The lowest BCUT2D eigenvalue weighted by atomic mass is 10.1. The fraction of sp³-hybridized carbons (Fsp3) is 0.455. The average molecular weight is 364 g/mol. The highest BCUT2D eigenvalue weighted by Gasteiger charge is 2.21. The number of amides is 1. The molecular formula is C22H28N4O. The summed E-state index contributed by atoms with van der Waals surface area (Å²) >= 11 is 0. The predicted octanol–water partition coefficient (Wildman–Crippen LogP) is 3.39. The molecule has 5 nitrogen and oxygen atoms in total. The monoisotopic (exact) mass is 364 g/mol. The molecular weight excluding hydrogens is 336 g/mol. The van der Waals surface area contributed by atoms with Crippen LogP contribution in [-0.2, 0) is 0 Å². The van der Waals surface area contributed by atoms with Gasteiger partial charge in [-0.05, 0) is 49.6 Å². The van der Waals surface area contributed by atoms with E-state index in [4.69, 9.17) is 0 Å². The summed E-state index contributed by atoms with van der Waals surface area (Å²) in [6.45, 7) is 5.88. The van der Waals surface area contributed by atoms with Gasteiger partial charge in [-0.2, -0.15) is 0 Å². The van der Waals surface area contributed by atoms with Gasteiger partial charge in [-0.3, -0.25) is 4.79 Å². The summed E-state index contributed by atoms with van der Waals surface area (Å²) in [7, 11) is 0. The molecule has 1 aromatic carbocycles. The van der Waals surface area contributed by atoms with Gasteiger partial charge in [0.2, 0.25) is 0 Å². The van der Waals surface area contributed by atoms with Crippen LogP contribution in [0.4, 0.5) is 11.5 Å². The van der Waals surface area contributed by atoms with Crippen molar-refractivity contribution in [3.8, 4) is 0 Å². The molecule has 1 saturated heterocycles. The van der Waals surface area contributed by atoms with E-state index in [1.807, 2.05) is 12.1 Å². The third-order valence-electron chi connectivity index (χ3n) is 5.67. The number of hydrogen-bond acceptors (Lipinski definition) is 4. The fourth-order valence-corrected chi connectivity index (χ4v) is 4.09. The highest BCUT2D eigenvalue weighted by molar-refractivity contribution is 5.95. The lowest BCUT2D eigenvalue weighted by Crippen LogP contribution is -2.47. The first kappa shape index (κ1) is 17.8. The minimum atomic E-state index is 0.0314. The third-order valence-corrected chi connectivity index (χ3v) is 5.67. The lowest BCUT2D eigenvalue weighted by molar-refractivity contribution is 0.0938. The van der Waals surface area contributed by atoms with E-state index in [2.05, 4.69) is 51.3 Å². The topological polar surface area (TPSA) is 48.5 Å². The molecule has 5 heteroatoms. The van der Waals surface area contributed by atoms with Gasteiger partial charge in [0.25, 0.3) is 5.91 Å². The minimum absolute atomic E-state index is 0.0314. The van der Waals surface area contributed by atoms with Crippen molar-refractivity contribution in [2.75, 3.05) is 36.0 Å². The fourth-order valence-electron chi connectivity index (χ4n) is 4.09. The highest BCUT2D eigenvalue weighted by Crippen LogP contribution is 2.22. The molecule has 0 radical (unpaired) electrons. The van der Waals surface area contributed by atoms with E-state index < -0.39 is 0 Å². The maximum absolute atomic E-state index is 12.5. The van der Waals surface area contributed by atoms with Crippen LogP contribution in [0.1, 0.15) is 41.6 Å². The second kappa shape index (κ2) is 7.99. The molecule has 2 aliphatic rings. The summed E-state index contributed by atoms with van der Waals surface area (Å²) in [5.41, 5.74) is 3.29. The second-order valence-electron chi connectivity index (χ2n) is 7.67. The third kappa shape index (κ3) is 4.24. The number of nitrogens with one attached hydrogen (secondary N) is 1. The molecule has 2 fully saturated rings. The summed E-state index contributed by atoms with van der Waals surface area (Å²) in [5.74, 6) is 0.932. The smallest absolute Gasteiger partial charge is 0.251 e. The lowest BCUT2D eigenvalue weighted by Gasteiger charge is -2.37. The van der Waals surface area contributed by atoms with Crippen LogP contribution < -0.4 is 15.1 Å². The Morgan fingerprint density at radius 1 is 1.04 bits per heavy atom. The van der Waals surface area contributed by atoms with Crippen LogP contribution in [0.15, 0.2) is 42.6 Å². The molecule has 0 bridgehead atoms. The Kier molecular flexibility index (Phi) is 5.28. The zero-order valence-electron chi connectivity index (χ0n) is 16.0. The molecule has 1 aliphatic heterocycles. The van der Waals surface area contributed by atoms with E-state index in [1.54, 1.807) is 6.20 Å². The van der Waals surface area contributed by atoms with Gasteiger partial charge >= 0.3 is 0 Å². The van der Waals surface area contributed by atoms with Crippen LogP contribution in [-0.4, -0.2) is 43.1 Å². The Labute approximate surface area is 161 Å². The number of aryl methyl sites for hydroxylation is 1. The van der Waals surface area contributed by atoms with Gasteiger partial charge in [-0.1, -0.05) is 25.0 Å². The standard InChI is InChI=1S/C22H28N4O/c1-17-5-4-8-20(15-17)25-11-13-26(14-12-25)21-16-18(9-10-23-21)22(27)24-19-6-2-3-7-19/h4-5,8-10,15-16,19H,2-3,6-7,11-14H2,1H3,(H,24,27). The molecule has 27 heavy (non-hydrogen) atoms. The number of piperazine rings is 1. The van der Waals surface area contributed by atoms with Crippen molar-refractivity contribution in [3.63, 3.8) is 0 Å². The van der Waals surface area contributed by atoms with Gasteiger partial charge in [0.15, 0.2) is 0 Å². The van der Waals surface area contributed by atoms with Crippen molar-refractivity contribution >= 4 is 17.4 Å². The zero-order chi connectivity index (χ0) is 18.6. The summed E-state index contributed by atoms with van der Waals surface area (Å²) in [6.07, 6.45) is 6.40. The summed E-state index contributed by atoms with van der Waals surface area (Å²) in [6, 6.07) is 12.8. The molecule has 142 valence electrons. The average Bonchev–Trinajstić information content (AvgIpc) is 3.21. The molecule has 1 saturated carbocycles. The van der Waals surface area contributed by atoms with Crippen LogP contribution in [0.5, 0.6) is 0 Å². The Hall–Kier alpha value is -2.56. The van der Waals surface area contributed by atoms with Crippen LogP contribution in [0.2, 0.25) is 0 Å². The van der Waals surface area contributed by atoms with Crippen molar-refractivity contribution in [3.05, 3.63) is 53.7 Å². The van der Waals surface area contributed by atoms with Crippen LogP contribution in [0.3, 0.4) is 0 Å². The molecule has 1 N–H and O–H groups in total. The molecule has 1 aliphatic carbocycles. The van der Waals surface area contributed by atoms with Crippen LogP contribution in [0.25, 0.3) is 0 Å². The first-order valence-corrected chi connectivity index (χ1v) is 10.0. The number of rotatable bonds is 4. The predicted molar refractivity (Wildman–Crippen MR) is 110 cm³/mol. The van der Waals surface area contributed by atoms with E-state index >= 15 is 0 Å². The Balaban J connectivity index is 1.39. The molecule has 1 aromatic heterocycles. The molecule has 0 atom stereocenters. The molecule has 2 heterocycles.